The van der Waals surface area contributed by atoms with Crippen LogP contribution in [0.5, 0.6) is 0 Å². The van der Waals surface area contributed by atoms with E-state index in [1.807, 2.05) is 5.92 Å². The summed E-state index contributed by atoms with van der Waals surface area (Å²) in [4.78, 5) is 21.1. The maximum Gasteiger partial charge on any atom is 0.323 e. The van der Waals surface area contributed by atoms with Crippen molar-refractivity contribution in [1.29, 1.82) is 0 Å². The Balaban J connectivity index is 4.34. The molecule has 0 atom stereocenters. The average Bonchev–Trinajstić information content (AvgIpc) is 2.01. The highest BCUT2D eigenvalue weighted by atomic mass is 19.3. The van der Waals surface area contributed by atoms with Crippen molar-refractivity contribution >= 4 is 11.9 Å². The van der Waals surface area contributed by atoms with Crippen molar-refractivity contribution in [3.63, 3.8) is 0 Å². The molecule has 13 heavy (non-hydrogen) atoms. The first kappa shape index (κ1) is 11.4. The van der Waals surface area contributed by atoms with Gasteiger partial charge in [-0.3, -0.25) is 9.59 Å². The Morgan fingerprint density at radius 1 is 1.54 bits per heavy atom. The zero-order chi connectivity index (χ0) is 10.4. The minimum Gasteiger partial charge on any atom is -0.480 e. The Hall–Kier alpha value is -1.64. The topological polar surface area (TPSA) is 57.6 Å². The van der Waals surface area contributed by atoms with Crippen LogP contribution in [0.3, 0.4) is 0 Å². The fourth-order valence-electron chi connectivity index (χ4n) is 0.623. The van der Waals surface area contributed by atoms with Crippen LogP contribution in [0.15, 0.2) is 0 Å². The number of hydrogen-bond donors (Lipinski definition) is 1. The van der Waals surface area contributed by atoms with E-state index in [0.29, 0.717) is 4.90 Å². The quantitative estimate of drug-likeness (QED) is 0.626. The predicted octanol–water partition coefficient (Wildman–Crippen LogP) is -0.202. The monoisotopic (exact) mass is 191 g/mol. The Morgan fingerprint density at radius 3 is 2.38 bits per heavy atom. The molecule has 0 bridgehead atoms. The largest absolute Gasteiger partial charge is 0.480 e. The number of terminal acetylenes is 1. The molecule has 0 heterocycles. The molecule has 0 unspecified atom stereocenters. The van der Waals surface area contributed by atoms with Gasteiger partial charge in [-0.2, -0.15) is 8.78 Å². The summed E-state index contributed by atoms with van der Waals surface area (Å²) < 4.78 is 23.6. The van der Waals surface area contributed by atoms with Crippen molar-refractivity contribution in [2.45, 2.75) is 6.43 Å². The molecule has 1 amide bonds. The standard InChI is InChI=1S/C7H7F2NO3/c1-2-3-10(4-5(11)12)7(13)6(8)9/h1,6H,3-4H2,(H,11,12). The lowest BCUT2D eigenvalue weighted by Gasteiger charge is -2.16. The first-order valence-electron chi connectivity index (χ1n) is 3.21. The number of halogens is 2. The molecule has 72 valence electrons. The number of hydrogen-bond acceptors (Lipinski definition) is 2. The number of alkyl halides is 2. The molecular weight excluding hydrogens is 184 g/mol. The highest BCUT2D eigenvalue weighted by Crippen LogP contribution is 1.99. The Labute approximate surface area is 73.1 Å². The van der Waals surface area contributed by atoms with Gasteiger partial charge in [0.2, 0.25) is 0 Å². The van der Waals surface area contributed by atoms with Gasteiger partial charge in [0.25, 0.3) is 5.91 Å². The summed E-state index contributed by atoms with van der Waals surface area (Å²) in [6.07, 6.45) is 1.53. The molecule has 0 rings (SSSR count). The average molecular weight is 191 g/mol. The van der Waals surface area contributed by atoms with Crippen LogP contribution in [0.1, 0.15) is 0 Å². The van der Waals surface area contributed by atoms with E-state index >= 15 is 0 Å². The van der Waals surface area contributed by atoms with E-state index < -0.39 is 31.4 Å². The smallest absolute Gasteiger partial charge is 0.323 e. The van der Waals surface area contributed by atoms with Crippen LogP contribution in [0.25, 0.3) is 0 Å². The first-order chi connectivity index (χ1) is 5.99. The Kier molecular flexibility index (Phi) is 4.44. The number of rotatable bonds is 4. The molecule has 0 aromatic rings. The molecule has 0 aromatic carbocycles. The number of aliphatic carboxylic acids is 1. The molecule has 0 aromatic heterocycles. The van der Waals surface area contributed by atoms with E-state index in [2.05, 4.69) is 0 Å². The SMILES string of the molecule is C#CCN(CC(=O)O)C(=O)C(F)F. The van der Waals surface area contributed by atoms with Crippen molar-refractivity contribution in [1.82, 2.24) is 4.90 Å². The van der Waals surface area contributed by atoms with Crippen molar-refractivity contribution in [2.75, 3.05) is 13.1 Å². The summed E-state index contributed by atoms with van der Waals surface area (Å²) in [6.45, 7) is -1.25. The minimum absolute atomic E-state index is 0.396. The molecule has 4 nitrogen and oxygen atoms in total. The Morgan fingerprint density at radius 2 is 2.08 bits per heavy atom. The van der Waals surface area contributed by atoms with E-state index in [-0.39, 0.29) is 0 Å². The zero-order valence-corrected chi connectivity index (χ0v) is 6.54. The van der Waals surface area contributed by atoms with Gasteiger partial charge in [-0.1, -0.05) is 5.92 Å². The lowest BCUT2D eigenvalue weighted by molar-refractivity contribution is -0.149. The van der Waals surface area contributed by atoms with Crippen LogP contribution >= 0.6 is 0 Å². The van der Waals surface area contributed by atoms with Gasteiger partial charge in [0.05, 0.1) is 6.54 Å². The fraction of sp³-hybridized carbons (Fsp3) is 0.429. The van der Waals surface area contributed by atoms with Gasteiger partial charge in [0, 0.05) is 0 Å². The number of carbonyl (C=O) groups excluding carboxylic acids is 1. The van der Waals surface area contributed by atoms with Gasteiger partial charge in [0.15, 0.2) is 0 Å². The first-order valence-corrected chi connectivity index (χ1v) is 3.21. The molecule has 0 radical (unpaired) electrons. The maximum absolute atomic E-state index is 11.8. The van der Waals surface area contributed by atoms with Crippen molar-refractivity contribution in [2.24, 2.45) is 0 Å². The third-order valence-corrected chi connectivity index (χ3v) is 1.11. The highest BCUT2D eigenvalue weighted by molar-refractivity contribution is 5.83. The summed E-state index contributed by atoms with van der Waals surface area (Å²) in [5.74, 6) is -1.04. The van der Waals surface area contributed by atoms with Crippen LogP contribution in [0.2, 0.25) is 0 Å². The molecule has 6 heteroatoms. The van der Waals surface area contributed by atoms with E-state index in [1.54, 1.807) is 0 Å². The van der Waals surface area contributed by atoms with Crippen molar-refractivity contribution < 1.29 is 23.5 Å². The van der Waals surface area contributed by atoms with Crippen LogP contribution < -0.4 is 0 Å². The minimum atomic E-state index is -3.23. The van der Waals surface area contributed by atoms with Crippen LogP contribution in [0, 0.1) is 12.3 Å². The third kappa shape index (κ3) is 4.06. The fourth-order valence-corrected chi connectivity index (χ4v) is 0.623. The third-order valence-electron chi connectivity index (χ3n) is 1.11. The number of carbonyl (C=O) groups is 2. The predicted molar refractivity (Wildman–Crippen MR) is 39.1 cm³/mol. The second kappa shape index (κ2) is 5.09. The molecule has 0 aliphatic rings. The normalized spacial score (nSPS) is 9.38. The molecule has 0 aliphatic heterocycles. The lowest BCUT2D eigenvalue weighted by Crippen LogP contribution is -2.39. The van der Waals surface area contributed by atoms with Crippen LogP contribution in [-0.2, 0) is 9.59 Å². The number of carboxylic acid groups (broad SMARTS) is 1. The summed E-state index contributed by atoms with van der Waals surface area (Å²) in [5.41, 5.74) is 0. The second-order valence-corrected chi connectivity index (χ2v) is 2.09. The second-order valence-electron chi connectivity index (χ2n) is 2.09. The highest BCUT2D eigenvalue weighted by Gasteiger charge is 2.24. The van der Waals surface area contributed by atoms with Gasteiger partial charge < -0.3 is 10.0 Å². The number of nitrogens with zero attached hydrogens (tertiary/aromatic N) is 1. The molecular formula is C7H7F2NO3. The molecule has 0 spiro atoms. The Bertz CT molecular complexity index is 247. The van der Waals surface area contributed by atoms with E-state index in [9.17, 15) is 18.4 Å². The van der Waals surface area contributed by atoms with Gasteiger partial charge in [-0.25, -0.2) is 0 Å². The number of carboxylic acids is 1. The number of amides is 1. The van der Waals surface area contributed by atoms with E-state index in [0.717, 1.165) is 0 Å². The van der Waals surface area contributed by atoms with E-state index in [4.69, 9.17) is 11.5 Å². The summed E-state index contributed by atoms with van der Waals surface area (Å²) in [5, 5.41) is 8.23. The maximum atomic E-state index is 11.8. The summed E-state index contributed by atoms with van der Waals surface area (Å²) >= 11 is 0. The van der Waals surface area contributed by atoms with Gasteiger partial charge in [0.1, 0.15) is 6.54 Å². The van der Waals surface area contributed by atoms with E-state index in [1.165, 1.54) is 0 Å². The van der Waals surface area contributed by atoms with Gasteiger partial charge in [-0.15, -0.1) is 6.42 Å². The van der Waals surface area contributed by atoms with Gasteiger partial charge in [-0.05, 0) is 0 Å². The lowest BCUT2D eigenvalue weighted by atomic mass is 10.4. The van der Waals surface area contributed by atoms with Crippen LogP contribution in [-0.4, -0.2) is 41.4 Å². The molecule has 0 saturated heterocycles. The van der Waals surface area contributed by atoms with Crippen molar-refractivity contribution in [3.8, 4) is 12.3 Å². The molecule has 0 saturated carbocycles. The zero-order valence-electron chi connectivity index (χ0n) is 6.54. The van der Waals surface area contributed by atoms with Crippen LogP contribution in [0.4, 0.5) is 8.78 Å². The summed E-state index contributed by atoms with van der Waals surface area (Å²) in [6, 6.07) is 0. The van der Waals surface area contributed by atoms with Gasteiger partial charge >= 0.3 is 12.4 Å². The molecule has 1 N–H and O–H groups in total. The molecule has 0 aliphatic carbocycles. The van der Waals surface area contributed by atoms with Crippen molar-refractivity contribution in [3.05, 3.63) is 0 Å². The molecule has 0 fully saturated rings. The summed E-state index contributed by atoms with van der Waals surface area (Å²) in [7, 11) is 0.